The van der Waals surface area contributed by atoms with Crippen molar-refractivity contribution in [2.75, 3.05) is 13.1 Å². The number of hydrogen-bond acceptors (Lipinski definition) is 8. The molecule has 0 radical (unpaired) electrons. The van der Waals surface area contributed by atoms with Crippen LogP contribution < -0.4 is 32.7 Å². The highest BCUT2D eigenvalue weighted by Crippen LogP contribution is 2.12. The average Bonchev–Trinajstić information content (AvgIpc) is 3.44. The Balaban J connectivity index is 2.17. The van der Waals surface area contributed by atoms with Crippen LogP contribution in [0.5, 0.6) is 5.75 Å². The van der Waals surface area contributed by atoms with Gasteiger partial charge in [-0.15, -0.1) is 0 Å². The fourth-order valence-corrected chi connectivity index (χ4v) is 4.10. The number of aliphatic carboxylic acids is 2. The topological polar surface area (TPSA) is 259 Å². The number of nitrogens with one attached hydrogen (secondary N) is 4. The Bertz CT molecular complexity index is 1070. The minimum atomic E-state index is -1.36. The number of carbonyl (C=O) groups excluding carboxylic acids is 3. The minimum Gasteiger partial charge on any atom is -0.508 e. The molecule has 1 aliphatic heterocycles. The average molecular weight is 564 g/mol. The zero-order valence-corrected chi connectivity index (χ0v) is 22.0. The first-order valence-corrected chi connectivity index (χ1v) is 12.9. The first-order valence-electron chi connectivity index (χ1n) is 12.9. The number of amides is 3. The normalized spacial score (nSPS) is 16.6. The third-order valence-electron chi connectivity index (χ3n) is 6.23. The molecule has 1 saturated heterocycles. The van der Waals surface area contributed by atoms with Gasteiger partial charge >= 0.3 is 11.9 Å². The van der Waals surface area contributed by atoms with Crippen LogP contribution >= 0.6 is 0 Å². The molecule has 40 heavy (non-hydrogen) atoms. The molecule has 1 fully saturated rings. The Hall–Kier alpha value is -4.40. The summed E-state index contributed by atoms with van der Waals surface area (Å²) < 4.78 is 0. The van der Waals surface area contributed by atoms with E-state index in [-0.39, 0.29) is 43.9 Å². The van der Waals surface area contributed by atoms with E-state index < -0.39 is 60.2 Å². The minimum absolute atomic E-state index is 0.00327. The van der Waals surface area contributed by atoms with Crippen molar-refractivity contribution in [1.29, 1.82) is 0 Å². The maximum absolute atomic E-state index is 13.2. The predicted octanol–water partition coefficient (Wildman–Crippen LogP) is -1.86. The molecule has 4 atom stereocenters. The van der Waals surface area contributed by atoms with Gasteiger partial charge in [0.05, 0.1) is 6.04 Å². The van der Waals surface area contributed by atoms with Gasteiger partial charge < -0.3 is 48.1 Å². The van der Waals surface area contributed by atoms with E-state index in [1.807, 2.05) is 0 Å². The van der Waals surface area contributed by atoms with Crippen LogP contribution in [-0.4, -0.2) is 88.2 Å². The van der Waals surface area contributed by atoms with Crippen LogP contribution in [0.3, 0.4) is 0 Å². The third-order valence-corrected chi connectivity index (χ3v) is 6.23. The summed E-state index contributed by atoms with van der Waals surface area (Å²) in [5, 5.41) is 38.7. The van der Waals surface area contributed by atoms with E-state index in [0.717, 1.165) is 6.42 Å². The van der Waals surface area contributed by atoms with Gasteiger partial charge in [0.2, 0.25) is 17.7 Å². The number of phenolic OH excluding ortho intramolecular Hbond substituents is 1. The number of carbonyl (C=O) groups is 5. The number of guanidine groups is 1. The highest BCUT2D eigenvalue weighted by Gasteiger charge is 2.31. The standard InChI is InChI=1S/C25H37N7O8/c26-25(27)29-12-2-4-17(22(37)32-19(24(39)40)13-14-5-7-15(33)8-6-14)30-23(38)18(9-10-20(34)35)31-21(36)16-3-1-11-28-16/h5-8,16-19,28,33H,1-4,9-13H2,(H,30,38)(H,31,36)(H,32,37)(H,34,35)(H,39,40)(H4,26,27,29). The van der Waals surface area contributed by atoms with E-state index in [0.29, 0.717) is 18.5 Å². The van der Waals surface area contributed by atoms with E-state index in [4.69, 9.17) is 16.6 Å². The highest BCUT2D eigenvalue weighted by atomic mass is 16.4. The molecule has 15 nitrogen and oxygen atoms in total. The molecule has 4 unspecified atom stereocenters. The van der Waals surface area contributed by atoms with Crippen LogP contribution in [0.1, 0.15) is 44.1 Å². The van der Waals surface area contributed by atoms with Crippen molar-refractivity contribution in [3.8, 4) is 5.75 Å². The Morgan fingerprint density at radius 3 is 2.12 bits per heavy atom. The summed E-state index contributed by atoms with van der Waals surface area (Å²) in [6.07, 6.45) is 0.866. The van der Waals surface area contributed by atoms with Crippen LogP contribution in [-0.2, 0) is 30.4 Å². The number of nitrogens with two attached hydrogens (primary N) is 2. The van der Waals surface area contributed by atoms with Crippen LogP contribution in [0.2, 0.25) is 0 Å². The summed E-state index contributed by atoms with van der Waals surface area (Å²) in [5.41, 5.74) is 11.2. The lowest BCUT2D eigenvalue weighted by Gasteiger charge is -2.25. The number of phenols is 1. The molecule has 1 heterocycles. The van der Waals surface area contributed by atoms with E-state index in [2.05, 4.69) is 26.3 Å². The van der Waals surface area contributed by atoms with Gasteiger partial charge in [-0.2, -0.15) is 0 Å². The quantitative estimate of drug-likeness (QED) is 0.0612. The third kappa shape index (κ3) is 11.1. The van der Waals surface area contributed by atoms with Crippen molar-refractivity contribution in [3.05, 3.63) is 29.8 Å². The van der Waals surface area contributed by atoms with Gasteiger partial charge in [-0.05, 0) is 56.3 Å². The molecule has 1 aromatic carbocycles. The molecule has 0 bridgehead atoms. The lowest BCUT2D eigenvalue weighted by atomic mass is 10.0. The van der Waals surface area contributed by atoms with E-state index in [1.165, 1.54) is 24.3 Å². The van der Waals surface area contributed by atoms with Gasteiger partial charge in [-0.25, -0.2) is 4.79 Å². The second kappa shape index (κ2) is 15.9. The number of aliphatic imine (C=N–C) groups is 1. The number of aromatic hydroxyl groups is 1. The van der Waals surface area contributed by atoms with Gasteiger partial charge in [-0.3, -0.25) is 24.2 Å². The maximum atomic E-state index is 13.2. The molecule has 2 rings (SSSR count). The highest BCUT2D eigenvalue weighted by molar-refractivity contribution is 5.94. The summed E-state index contributed by atoms with van der Waals surface area (Å²) in [7, 11) is 0. The molecule has 15 heteroatoms. The Morgan fingerprint density at radius 1 is 0.950 bits per heavy atom. The molecule has 0 spiro atoms. The molecular formula is C25H37N7O8. The zero-order chi connectivity index (χ0) is 29.7. The molecular weight excluding hydrogens is 526 g/mol. The molecule has 3 amide bonds. The first kappa shape index (κ1) is 31.8. The number of nitrogens with zero attached hydrogens (tertiary/aromatic N) is 1. The number of carboxylic acids is 2. The van der Waals surface area contributed by atoms with Gasteiger partial charge in [-0.1, -0.05) is 12.1 Å². The number of rotatable bonds is 16. The Labute approximate surface area is 230 Å². The lowest BCUT2D eigenvalue weighted by Crippen LogP contribution is -2.57. The van der Waals surface area contributed by atoms with Gasteiger partial charge in [0.1, 0.15) is 23.9 Å². The molecule has 0 saturated carbocycles. The van der Waals surface area contributed by atoms with Crippen molar-refractivity contribution >= 4 is 35.6 Å². The van der Waals surface area contributed by atoms with Crippen molar-refractivity contribution in [1.82, 2.24) is 21.3 Å². The second-order valence-corrected chi connectivity index (χ2v) is 9.42. The Morgan fingerprint density at radius 2 is 1.57 bits per heavy atom. The molecule has 0 aliphatic carbocycles. The summed E-state index contributed by atoms with van der Waals surface area (Å²) in [5.74, 6) is -4.71. The number of benzene rings is 1. The van der Waals surface area contributed by atoms with Gasteiger partial charge in [0.15, 0.2) is 5.96 Å². The van der Waals surface area contributed by atoms with Crippen LogP contribution in [0.25, 0.3) is 0 Å². The number of hydrogen-bond donors (Lipinski definition) is 9. The first-order chi connectivity index (χ1) is 19.0. The van der Waals surface area contributed by atoms with Crippen LogP contribution in [0, 0.1) is 0 Å². The van der Waals surface area contributed by atoms with Crippen molar-refractivity contribution in [2.24, 2.45) is 16.5 Å². The molecule has 1 aliphatic rings. The van der Waals surface area contributed by atoms with Crippen LogP contribution in [0.4, 0.5) is 0 Å². The summed E-state index contributed by atoms with van der Waals surface area (Å²) in [6, 6.07) is 1.44. The maximum Gasteiger partial charge on any atom is 0.326 e. The molecule has 220 valence electrons. The van der Waals surface area contributed by atoms with Crippen molar-refractivity contribution in [3.63, 3.8) is 0 Å². The van der Waals surface area contributed by atoms with E-state index in [1.54, 1.807) is 0 Å². The van der Waals surface area contributed by atoms with E-state index in [9.17, 15) is 34.2 Å². The van der Waals surface area contributed by atoms with Crippen molar-refractivity contribution in [2.45, 2.75) is 69.1 Å². The van der Waals surface area contributed by atoms with Crippen molar-refractivity contribution < 1.29 is 39.3 Å². The smallest absolute Gasteiger partial charge is 0.326 e. The predicted molar refractivity (Wildman–Crippen MR) is 143 cm³/mol. The Kier molecular flexibility index (Phi) is 12.6. The molecule has 11 N–H and O–H groups in total. The SMILES string of the molecule is NC(N)=NCCCC(NC(=O)C(CCC(=O)O)NC(=O)C1CCCN1)C(=O)NC(Cc1ccc(O)cc1)C(=O)O. The second-order valence-electron chi connectivity index (χ2n) is 9.42. The largest absolute Gasteiger partial charge is 0.508 e. The fraction of sp³-hybridized carbons (Fsp3) is 0.520. The molecule has 0 aromatic heterocycles. The van der Waals surface area contributed by atoms with Gasteiger partial charge in [0, 0.05) is 19.4 Å². The zero-order valence-electron chi connectivity index (χ0n) is 22.0. The summed E-state index contributed by atoms with van der Waals surface area (Å²) in [6.45, 7) is 0.765. The molecule has 1 aromatic rings. The lowest BCUT2D eigenvalue weighted by molar-refractivity contribution is -0.142. The summed E-state index contributed by atoms with van der Waals surface area (Å²) >= 11 is 0. The van der Waals surface area contributed by atoms with Crippen LogP contribution in [0.15, 0.2) is 29.3 Å². The fourth-order valence-electron chi connectivity index (χ4n) is 4.10. The monoisotopic (exact) mass is 563 g/mol. The number of carboxylic acid groups (broad SMARTS) is 2. The summed E-state index contributed by atoms with van der Waals surface area (Å²) in [4.78, 5) is 65.9. The van der Waals surface area contributed by atoms with Gasteiger partial charge in [0.25, 0.3) is 0 Å². The van der Waals surface area contributed by atoms with E-state index >= 15 is 0 Å².